The van der Waals surface area contributed by atoms with Crippen LogP contribution < -0.4 is 15.5 Å². The van der Waals surface area contributed by atoms with Crippen LogP contribution in [0, 0.1) is 5.92 Å². The second kappa shape index (κ2) is 8.44. The van der Waals surface area contributed by atoms with E-state index in [1.165, 1.54) is 0 Å². The van der Waals surface area contributed by atoms with Crippen LogP contribution in [-0.2, 0) is 20.7 Å². The molecule has 6 heteroatoms. The fourth-order valence-corrected chi connectivity index (χ4v) is 3.75. The number of anilines is 3. The highest BCUT2D eigenvalue weighted by Gasteiger charge is 2.26. The average molecular weight is 379 g/mol. The summed E-state index contributed by atoms with van der Waals surface area (Å²) >= 11 is 0. The molecule has 0 aliphatic carbocycles. The minimum Gasteiger partial charge on any atom is -0.378 e. The number of nitrogens with zero attached hydrogens (tertiary/aromatic N) is 1. The Morgan fingerprint density at radius 3 is 2.64 bits per heavy atom. The fraction of sp³-hybridized carbons (Fsp3) is 0.364. The lowest BCUT2D eigenvalue weighted by Gasteiger charge is -2.28. The smallest absolute Gasteiger partial charge is 0.227 e. The Kier molecular flexibility index (Phi) is 5.58. The molecule has 2 aliphatic heterocycles. The lowest BCUT2D eigenvalue weighted by molar-refractivity contribution is -0.121. The van der Waals surface area contributed by atoms with E-state index in [4.69, 9.17) is 4.74 Å². The summed E-state index contributed by atoms with van der Waals surface area (Å²) in [6, 6.07) is 15.7. The molecular weight excluding hydrogens is 354 g/mol. The van der Waals surface area contributed by atoms with Gasteiger partial charge in [-0.3, -0.25) is 9.59 Å². The molecule has 2 N–H and O–H groups in total. The molecule has 2 amide bonds. The number of morpholine rings is 1. The molecule has 4 rings (SSSR count). The third-order valence-electron chi connectivity index (χ3n) is 5.36. The number of benzene rings is 2. The van der Waals surface area contributed by atoms with Crippen LogP contribution >= 0.6 is 0 Å². The molecule has 1 atom stereocenters. The van der Waals surface area contributed by atoms with Crippen molar-refractivity contribution < 1.29 is 14.3 Å². The van der Waals surface area contributed by atoms with E-state index in [0.29, 0.717) is 19.3 Å². The van der Waals surface area contributed by atoms with Crippen molar-refractivity contribution in [2.24, 2.45) is 5.92 Å². The van der Waals surface area contributed by atoms with Gasteiger partial charge in [-0.15, -0.1) is 0 Å². The van der Waals surface area contributed by atoms with E-state index in [1.807, 2.05) is 48.5 Å². The van der Waals surface area contributed by atoms with Crippen LogP contribution in [0.15, 0.2) is 48.5 Å². The number of fused-ring (bicyclic) bond motifs is 1. The summed E-state index contributed by atoms with van der Waals surface area (Å²) in [6.07, 6.45) is 1.55. The first kappa shape index (κ1) is 18.5. The number of para-hydroxylation sites is 1. The maximum Gasteiger partial charge on any atom is 0.227 e. The largest absolute Gasteiger partial charge is 0.378 e. The summed E-state index contributed by atoms with van der Waals surface area (Å²) in [5, 5.41) is 5.87. The number of carbonyl (C=O) groups excluding carboxylic acids is 2. The van der Waals surface area contributed by atoms with Crippen LogP contribution in [0.5, 0.6) is 0 Å². The van der Waals surface area contributed by atoms with Crippen molar-refractivity contribution in [3.63, 3.8) is 0 Å². The van der Waals surface area contributed by atoms with Crippen molar-refractivity contribution in [1.82, 2.24) is 0 Å². The lowest BCUT2D eigenvalue weighted by atomic mass is 9.89. The van der Waals surface area contributed by atoms with Gasteiger partial charge >= 0.3 is 0 Å². The Morgan fingerprint density at radius 2 is 1.86 bits per heavy atom. The number of amides is 2. The molecule has 0 radical (unpaired) electrons. The Labute approximate surface area is 164 Å². The topological polar surface area (TPSA) is 70.7 Å². The third kappa shape index (κ3) is 4.34. The fourth-order valence-electron chi connectivity index (χ4n) is 3.75. The predicted molar refractivity (Wildman–Crippen MR) is 110 cm³/mol. The number of hydrogen-bond acceptors (Lipinski definition) is 4. The Balaban J connectivity index is 1.28. The molecule has 28 heavy (non-hydrogen) atoms. The Morgan fingerprint density at radius 1 is 1.11 bits per heavy atom. The van der Waals surface area contributed by atoms with Gasteiger partial charge in [0, 0.05) is 42.5 Å². The van der Waals surface area contributed by atoms with E-state index in [-0.39, 0.29) is 17.7 Å². The molecule has 0 unspecified atom stereocenters. The molecule has 1 fully saturated rings. The van der Waals surface area contributed by atoms with E-state index in [0.717, 1.165) is 48.9 Å². The van der Waals surface area contributed by atoms with Gasteiger partial charge in [-0.05, 0) is 48.7 Å². The molecule has 2 aromatic carbocycles. The van der Waals surface area contributed by atoms with Crippen LogP contribution in [0.2, 0.25) is 0 Å². The van der Waals surface area contributed by atoms with Crippen LogP contribution in [-0.4, -0.2) is 38.1 Å². The van der Waals surface area contributed by atoms with Crippen LogP contribution in [0.25, 0.3) is 0 Å². The molecule has 2 heterocycles. The zero-order chi connectivity index (χ0) is 19.3. The van der Waals surface area contributed by atoms with Gasteiger partial charge in [0.25, 0.3) is 0 Å². The molecule has 0 saturated carbocycles. The van der Waals surface area contributed by atoms with Crippen molar-refractivity contribution in [3.05, 3.63) is 54.1 Å². The molecule has 1 saturated heterocycles. The monoisotopic (exact) mass is 379 g/mol. The maximum atomic E-state index is 12.3. The van der Waals surface area contributed by atoms with Gasteiger partial charge in [-0.25, -0.2) is 0 Å². The van der Waals surface area contributed by atoms with Gasteiger partial charge in [-0.2, -0.15) is 0 Å². The summed E-state index contributed by atoms with van der Waals surface area (Å²) in [6.45, 7) is 3.27. The average Bonchev–Trinajstić information content (AvgIpc) is 2.73. The highest BCUT2D eigenvalue weighted by atomic mass is 16.5. The highest BCUT2D eigenvalue weighted by molar-refractivity contribution is 5.96. The zero-order valence-electron chi connectivity index (χ0n) is 15.8. The summed E-state index contributed by atoms with van der Waals surface area (Å²) in [4.78, 5) is 26.9. The molecule has 0 spiro atoms. The van der Waals surface area contributed by atoms with Crippen molar-refractivity contribution >= 4 is 28.9 Å². The van der Waals surface area contributed by atoms with E-state index in [9.17, 15) is 9.59 Å². The SMILES string of the molecule is O=C(CC[C@H]1Cc2ccccc2NC1=O)Nc1ccc(N2CCOCC2)cc1. The number of nitrogens with one attached hydrogen (secondary N) is 2. The number of carbonyl (C=O) groups is 2. The zero-order valence-corrected chi connectivity index (χ0v) is 15.8. The molecule has 0 aromatic heterocycles. The van der Waals surface area contributed by atoms with E-state index < -0.39 is 0 Å². The second-order valence-electron chi connectivity index (χ2n) is 7.28. The molecular formula is C22H25N3O3. The van der Waals surface area contributed by atoms with Crippen LogP contribution in [0.1, 0.15) is 18.4 Å². The van der Waals surface area contributed by atoms with Crippen LogP contribution in [0.3, 0.4) is 0 Å². The van der Waals surface area contributed by atoms with Gasteiger partial charge in [0.2, 0.25) is 11.8 Å². The number of ether oxygens (including phenoxy) is 1. The molecule has 146 valence electrons. The van der Waals surface area contributed by atoms with E-state index in [1.54, 1.807) is 0 Å². The molecule has 6 nitrogen and oxygen atoms in total. The van der Waals surface area contributed by atoms with Crippen molar-refractivity contribution in [1.29, 1.82) is 0 Å². The van der Waals surface area contributed by atoms with Gasteiger partial charge in [-0.1, -0.05) is 18.2 Å². The lowest BCUT2D eigenvalue weighted by Crippen LogP contribution is -2.36. The predicted octanol–water partition coefficient (Wildman–Crippen LogP) is 3.05. The summed E-state index contributed by atoms with van der Waals surface area (Å²) < 4.78 is 5.37. The normalized spacial score (nSPS) is 18.9. The first-order valence-corrected chi connectivity index (χ1v) is 9.80. The minimum absolute atomic E-state index is 0.00126. The first-order chi connectivity index (χ1) is 13.7. The van der Waals surface area contributed by atoms with Gasteiger partial charge in [0.15, 0.2) is 0 Å². The highest BCUT2D eigenvalue weighted by Crippen LogP contribution is 2.27. The Hall–Kier alpha value is -2.86. The number of hydrogen-bond donors (Lipinski definition) is 2. The Bertz CT molecular complexity index is 844. The van der Waals surface area contributed by atoms with Crippen molar-refractivity contribution in [3.8, 4) is 0 Å². The summed E-state index contributed by atoms with van der Waals surface area (Å²) in [5.41, 5.74) is 3.93. The third-order valence-corrected chi connectivity index (χ3v) is 5.36. The van der Waals surface area contributed by atoms with Crippen LogP contribution in [0.4, 0.5) is 17.1 Å². The van der Waals surface area contributed by atoms with E-state index >= 15 is 0 Å². The summed E-state index contributed by atoms with van der Waals surface area (Å²) in [7, 11) is 0. The summed E-state index contributed by atoms with van der Waals surface area (Å²) in [5.74, 6) is -0.225. The van der Waals surface area contributed by atoms with Gasteiger partial charge < -0.3 is 20.3 Å². The van der Waals surface area contributed by atoms with Gasteiger partial charge in [0.1, 0.15) is 0 Å². The standard InChI is InChI=1S/C22H25N3O3/c26-21(10-5-17-15-16-3-1-2-4-20(16)24-22(17)27)23-18-6-8-19(9-7-18)25-11-13-28-14-12-25/h1-4,6-9,17H,5,10-15H2,(H,23,26)(H,24,27)/t17-/m0/s1. The second-order valence-corrected chi connectivity index (χ2v) is 7.28. The maximum absolute atomic E-state index is 12.3. The molecule has 2 aromatic rings. The van der Waals surface area contributed by atoms with Crippen molar-refractivity contribution in [2.45, 2.75) is 19.3 Å². The quantitative estimate of drug-likeness (QED) is 0.838. The first-order valence-electron chi connectivity index (χ1n) is 9.80. The minimum atomic E-state index is -0.163. The molecule has 2 aliphatic rings. The van der Waals surface area contributed by atoms with E-state index in [2.05, 4.69) is 15.5 Å². The molecule has 0 bridgehead atoms. The van der Waals surface area contributed by atoms with Crippen molar-refractivity contribution in [2.75, 3.05) is 41.8 Å². The van der Waals surface area contributed by atoms with Gasteiger partial charge in [0.05, 0.1) is 13.2 Å². The number of rotatable bonds is 5.